The van der Waals surface area contributed by atoms with Crippen molar-refractivity contribution in [2.75, 3.05) is 26.7 Å². The first-order chi connectivity index (χ1) is 9.60. The number of carbonyl (C=O) groups is 1. The van der Waals surface area contributed by atoms with Crippen molar-refractivity contribution in [3.05, 3.63) is 18.0 Å². The van der Waals surface area contributed by atoms with Gasteiger partial charge in [-0.3, -0.25) is 14.4 Å². The van der Waals surface area contributed by atoms with Crippen molar-refractivity contribution in [2.45, 2.75) is 31.8 Å². The van der Waals surface area contributed by atoms with Gasteiger partial charge in [-0.05, 0) is 25.8 Å². The molecule has 1 saturated heterocycles. The van der Waals surface area contributed by atoms with Crippen LogP contribution in [0.5, 0.6) is 0 Å². The molecule has 0 bridgehead atoms. The van der Waals surface area contributed by atoms with Gasteiger partial charge < -0.3 is 10.6 Å². The van der Waals surface area contributed by atoms with Crippen molar-refractivity contribution >= 4 is 5.91 Å². The number of hydrogen-bond acceptors (Lipinski definition) is 4. The first-order valence-corrected chi connectivity index (χ1v) is 7.27. The molecule has 1 fully saturated rings. The van der Waals surface area contributed by atoms with Gasteiger partial charge in [0.15, 0.2) is 0 Å². The molecule has 0 saturated carbocycles. The number of aromatic nitrogens is 2. The van der Waals surface area contributed by atoms with Crippen LogP contribution in [0.1, 0.15) is 31.5 Å². The van der Waals surface area contributed by atoms with Crippen LogP contribution < -0.4 is 10.6 Å². The van der Waals surface area contributed by atoms with Crippen molar-refractivity contribution in [3.63, 3.8) is 0 Å². The number of amides is 1. The maximum Gasteiger partial charge on any atom is 0.233 e. The molecule has 0 aliphatic carbocycles. The number of likely N-dealkylation sites (N-methyl/N-ethyl adjacent to an activating group) is 1. The van der Waals surface area contributed by atoms with Crippen LogP contribution in [-0.2, 0) is 11.8 Å². The lowest BCUT2D eigenvalue weighted by molar-refractivity contribution is -0.122. The largest absolute Gasteiger partial charge is 0.358 e. The molecule has 2 rings (SSSR count). The quantitative estimate of drug-likeness (QED) is 0.813. The van der Waals surface area contributed by atoms with Crippen LogP contribution >= 0.6 is 0 Å². The molecule has 2 heterocycles. The van der Waals surface area contributed by atoms with Crippen molar-refractivity contribution < 1.29 is 4.79 Å². The van der Waals surface area contributed by atoms with Gasteiger partial charge >= 0.3 is 0 Å². The Morgan fingerprint density at radius 1 is 1.50 bits per heavy atom. The molecular formula is C14H25N5O. The van der Waals surface area contributed by atoms with Gasteiger partial charge in [0.2, 0.25) is 5.91 Å². The molecule has 1 amide bonds. The van der Waals surface area contributed by atoms with Gasteiger partial charge in [0.05, 0.1) is 12.2 Å². The van der Waals surface area contributed by atoms with E-state index in [9.17, 15) is 4.79 Å². The Labute approximate surface area is 120 Å². The number of carbonyl (C=O) groups excluding carboxylic acids is 1. The predicted octanol–water partition coefficient (Wildman–Crippen LogP) is 0.281. The second kappa shape index (κ2) is 6.85. The zero-order valence-corrected chi connectivity index (χ0v) is 12.6. The fraction of sp³-hybridized carbons (Fsp3) is 0.714. The summed E-state index contributed by atoms with van der Waals surface area (Å²) in [4.78, 5) is 13.6. The number of likely N-dealkylation sites (tertiary alicyclic amines) is 1. The first kappa shape index (κ1) is 15.0. The molecule has 0 radical (unpaired) electrons. The van der Waals surface area contributed by atoms with Gasteiger partial charge in [-0.2, -0.15) is 5.10 Å². The minimum atomic E-state index is 0.0969. The highest BCUT2D eigenvalue weighted by Gasteiger charge is 2.22. The first-order valence-electron chi connectivity index (χ1n) is 7.27. The van der Waals surface area contributed by atoms with Gasteiger partial charge in [-0.25, -0.2) is 0 Å². The summed E-state index contributed by atoms with van der Waals surface area (Å²) in [6.07, 6.45) is 4.00. The third kappa shape index (κ3) is 3.80. The highest BCUT2D eigenvalue weighted by Crippen LogP contribution is 2.16. The Morgan fingerprint density at radius 3 is 2.75 bits per heavy atom. The molecule has 1 atom stereocenters. The maximum absolute atomic E-state index is 11.4. The summed E-state index contributed by atoms with van der Waals surface area (Å²) >= 11 is 0. The molecule has 0 aromatic carbocycles. The minimum Gasteiger partial charge on any atom is -0.358 e. The van der Waals surface area contributed by atoms with E-state index in [1.54, 1.807) is 7.05 Å². The number of nitrogens with one attached hydrogen (secondary N) is 2. The lowest BCUT2D eigenvalue weighted by Crippen LogP contribution is -2.46. The van der Waals surface area contributed by atoms with Crippen LogP contribution in [0.15, 0.2) is 12.3 Å². The molecule has 1 aromatic heterocycles. The van der Waals surface area contributed by atoms with E-state index in [1.165, 1.54) is 5.69 Å². The van der Waals surface area contributed by atoms with E-state index in [2.05, 4.69) is 33.6 Å². The Bertz CT molecular complexity index is 437. The molecule has 0 spiro atoms. The standard InChI is InChI=1S/C14H25N5O/c1-11(13-4-7-16-18(13)3)17-12-5-8-19(9-6-12)10-14(20)15-2/h4,7,11-12,17H,5-6,8-10H2,1-3H3,(H,15,20). The zero-order valence-electron chi connectivity index (χ0n) is 12.6. The Kier molecular flexibility index (Phi) is 5.14. The lowest BCUT2D eigenvalue weighted by Gasteiger charge is -2.33. The number of rotatable bonds is 5. The van der Waals surface area contributed by atoms with Gasteiger partial charge in [0.1, 0.15) is 0 Å². The number of aryl methyl sites for hydroxylation is 1. The molecule has 6 heteroatoms. The Hall–Kier alpha value is -1.40. The monoisotopic (exact) mass is 279 g/mol. The van der Waals surface area contributed by atoms with E-state index in [0.29, 0.717) is 18.6 Å². The smallest absolute Gasteiger partial charge is 0.233 e. The third-order valence-corrected chi connectivity index (χ3v) is 4.02. The highest BCUT2D eigenvalue weighted by molar-refractivity contribution is 5.77. The van der Waals surface area contributed by atoms with Crippen molar-refractivity contribution in [3.8, 4) is 0 Å². The molecule has 1 unspecified atom stereocenters. The van der Waals surface area contributed by atoms with Crippen LogP contribution in [-0.4, -0.2) is 53.3 Å². The fourth-order valence-corrected chi connectivity index (χ4v) is 2.79. The van der Waals surface area contributed by atoms with Crippen molar-refractivity contribution in [1.82, 2.24) is 25.3 Å². The molecule has 1 aromatic rings. The normalized spacial score (nSPS) is 18.9. The molecule has 1 aliphatic heterocycles. The topological polar surface area (TPSA) is 62.2 Å². The summed E-state index contributed by atoms with van der Waals surface area (Å²) in [6, 6.07) is 2.87. The molecule has 20 heavy (non-hydrogen) atoms. The summed E-state index contributed by atoms with van der Waals surface area (Å²) in [5.74, 6) is 0.0969. The molecule has 1 aliphatic rings. The third-order valence-electron chi connectivity index (χ3n) is 4.02. The van der Waals surface area contributed by atoms with E-state index < -0.39 is 0 Å². The van der Waals surface area contributed by atoms with Crippen molar-refractivity contribution in [1.29, 1.82) is 0 Å². The van der Waals surface area contributed by atoms with Crippen LogP contribution in [0.3, 0.4) is 0 Å². The molecular weight excluding hydrogens is 254 g/mol. The molecule has 6 nitrogen and oxygen atoms in total. The highest BCUT2D eigenvalue weighted by atomic mass is 16.1. The van der Waals surface area contributed by atoms with E-state index in [1.807, 2.05) is 17.9 Å². The second-order valence-corrected chi connectivity index (χ2v) is 5.49. The number of hydrogen-bond donors (Lipinski definition) is 2. The minimum absolute atomic E-state index is 0.0969. The van der Waals surface area contributed by atoms with Crippen LogP contribution in [0.4, 0.5) is 0 Å². The SMILES string of the molecule is CNC(=O)CN1CCC(NC(C)c2ccnn2C)CC1. The summed E-state index contributed by atoms with van der Waals surface area (Å²) in [6.45, 7) is 4.64. The summed E-state index contributed by atoms with van der Waals surface area (Å²) in [7, 11) is 3.66. The van der Waals surface area contributed by atoms with E-state index >= 15 is 0 Å². The van der Waals surface area contributed by atoms with Gasteiger partial charge in [-0.15, -0.1) is 0 Å². The van der Waals surface area contributed by atoms with Crippen LogP contribution in [0.2, 0.25) is 0 Å². The van der Waals surface area contributed by atoms with Crippen molar-refractivity contribution in [2.24, 2.45) is 7.05 Å². The van der Waals surface area contributed by atoms with Gasteiger partial charge in [-0.1, -0.05) is 0 Å². The maximum atomic E-state index is 11.4. The van der Waals surface area contributed by atoms with E-state index in [0.717, 1.165) is 25.9 Å². The predicted molar refractivity (Wildman–Crippen MR) is 78.3 cm³/mol. The zero-order chi connectivity index (χ0) is 14.5. The Morgan fingerprint density at radius 2 is 2.20 bits per heavy atom. The summed E-state index contributed by atoms with van der Waals surface area (Å²) in [5.41, 5.74) is 1.21. The van der Waals surface area contributed by atoms with Crippen LogP contribution in [0, 0.1) is 0 Å². The summed E-state index contributed by atoms with van der Waals surface area (Å²) in [5, 5.41) is 10.5. The van der Waals surface area contributed by atoms with Gasteiger partial charge in [0, 0.05) is 45.5 Å². The Balaban J connectivity index is 1.77. The number of piperidine rings is 1. The number of nitrogens with zero attached hydrogens (tertiary/aromatic N) is 3. The fourth-order valence-electron chi connectivity index (χ4n) is 2.79. The second-order valence-electron chi connectivity index (χ2n) is 5.49. The van der Waals surface area contributed by atoms with Crippen LogP contribution in [0.25, 0.3) is 0 Å². The average molecular weight is 279 g/mol. The van der Waals surface area contributed by atoms with E-state index in [-0.39, 0.29) is 5.91 Å². The average Bonchev–Trinajstić information content (AvgIpc) is 2.87. The molecule has 2 N–H and O–H groups in total. The summed E-state index contributed by atoms with van der Waals surface area (Å²) < 4.78 is 1.92. The lowest BCUT2D eigenvalue weighted by atomic mass is 10.0. The molecule has 112 valence electrons. The van der Waals surface area contributed by atoms with Gasteiger partial charge in [0.25, 0.3) is 0 Å². The van der Waals surface area contributed by atoms with E-state index in [4.69, 9.17) is 0 Å².